The number of sulfonamides is 1. The molecule has 7 nitrogen and oxygen atoms in total. The zero-order chi connectivity index (χ0) is 19.2. The lowest BCUT2D eigenvalue weighted by molar-refractivity contribution is 0.0926. The summed E-state index contributed by atoms with van der Waals surface area (Å²) in [6.07, 6.45) is 0. The zero-order valence-electron chi connectivity index (χ0n) is 14.9. The third-order valence-corrected chi connectivity index (χ3v) is 5.02. The first kappa shape index (κ1) is 19.7. The quantitative estimate of drug-likeness (QED) is 0.731. The van der Waals surface area contributed by atoms with Crippen LogP contribution < -0.4 is 19.5 Å². The van der Waals surface area contributed by atoms with Crippen LogP contribution >= 0.6 is 0 Å². The molecule has 2 rings (SSSR count). The molecule has 0 aliphatic heterocycles. The number of carbonyl (C=O) groups is 1. The Morgan fingerprint density at radius 1 is 1.12 bits per heavy atom. The molecule has 0 spiro atoms. The van der Waals surface area contributed by atoms with E-state index in [4.69, 9.17) is 9.47 Å². The van der Waals surface area contributed by atoms with Gasteiger partial charge in [0.2, 0.25) is 10.0 Å². The molecule has 0 aliphatic carbocycles. The molecule has 0 unspecified atom stereocenters. The molecule has 0 fully saturated rings. The van der Waals surface area contributed by atoms with Crippen LogP contribution in [0.3, 0.4) is 0 Å². The highest BCUT2D eigenvalue weighted by atomic mass is 32.2. The molecule has 0 heterocycles. The number of hydrogen-bond donors (Lipinski definition) is 2. The number of methoxy groups -OCH3 is 1. The molecule has 0 saturated carbocycles. The Hall–Kier alpha value is -2.58. The minimum Gasteiger partial charge on any atom is -0.493 e. The van der Waals surface area contributed by atoms with E-state index in [0.717, 1.165) is 0 Å². The van der Waals surface area contributed by atoms with Crippen LogP contribution in [0.25, 0.3) is 0 Å². The highest BCUT2D eigenvalue weighted by Gasteiger charge is 2.16. The average molecular weight is 378 g/mol. The molecule has 140 valence electrons. The van der Waals surface area contributed by atoms with E-state index in [-0.39, 0.29) is 29.0 Å². The van der Waals surface area contributed by atoms with E-state index in [1.54, 1.807) is 32.2 Å². The largest absolute Gasteiger partial charge is 0.493 e. The number of carbonyl (C=O) groups excluding carboxylic acids is 1. The standard InChI is InChI=1S/C18H22N2O5S/c1-13(12-25-17-10-5-4-9-16(17)24-3)20-18(21)14-7-6-8-15(11-14)26(22,23)19-2/h4-11,13,19H,12H2,1-3H3,(H,20,21)/t13-/m1/s1. The predicted octanol–water partition coefficient (Wildman–Crippen LogP) is 1.80. The van der Waals surface area contributed by atoms with Gasteiger partial charge in [0.25, 0.3) is 5.91 Å². The van der Waals surface area contributed by atoms with Crippen LogP contribution in [0.1, 0.15) is 17.3 Å². The monoisotopic (exact) mass is 378 g/mol. The molecular weight excluding hydrogens is 356 g/mol. The summed E-state index contributed by atoms with van der Waals surface area (Å²) in [6, 6.07) is 12.8. The second-order valence-electron chi connectivity index (χ2n) is 5.57. The Bertz CT molecular complexity index is 867. The summed E-state index contributed by atoms with van der Waals surface area (Å²) in [5.41, 5.74) is 0.255. The van der Waals surface area contributed by atoms with Crippen molar-refractivity contribution in [3.63, 3.8) is 0 Å². The number of rotatable bonds is 8. The number of nitrogens with one attached hydrogen (secondary N) is 2. The average Bonchev–Trinajstić information content (AvgIpc) is 2.66. The van der Waals surface area contributed by atoms with Gasteiger partial charge in [0.15, 0.2) is 11.5 Å². The molecule has 0 bridgehead atoms. The molecule has 2 aromatic rings. The summed E-state index contributed by atoms with van der Waals surface area (Å²) in [5.74, 6) is 0.809. The minimum atomic E-state index is -3.61. The Balaban J connectivity index is 2.00. The number of ether oxygens (including phenoxy) is 2. The van der Waals surface area contributed by atoms with Crippen molar-refractivity contribution in [3.05, 3.63) is 54.1 Å². The van der Waals surface area contributed by atoms with Crippen LogP contribution in [0.5, 0.6) is 11.5 Å². The maximum absolute atomic E-state index is 12.4. The Morgan fingerprint density at radius 3 is 2.46 bits per heavy atom. The SMILES string of the molecule is CNS(=O)(=O)c1cccc(C(=O)N[C@H](C)COc2ccccc2OC)c1. The van der Waals surface area contributed by atoms with Gasteiger partial charge in [0, 0.05) is 5.56 Å². The van der Waals surface area contributed by atoms with Crippen LogP contribution in [-0.4, -0.2) is 41.1 Å². The Kier molecular flexibility index (Phi) is 6.59. The molecule has 1 atom stereocenters. The van der Waals surface area contributed by atoms with Gasteiger partial charge >= 0.3 is 0 Å². The van der Waals surface area contributed by atoms with Crippen LogP contribution in [-0.2, 0) is 10.0 Å². The van der Waals surface area contributed by atoms with Gasteiger partial charge in [-0.15, -0.1) is 0 Å². The van der Waals surface area contributed by atoms with Gasteiger partial charge in [-0.2, -0.15) is 0 Å². The van der Waals surface area contributed by atoms with Gasteiger partial charge in [-0.1, -0.05) is 18.2 Å². The minimum absolute atomic E-state index is 0.0329. The van der Waals surface area contributed by atoms with Gasteiger partial charge < -0.3 is 14.8 Å². The predicted molar refractivity (Wildman–Crippen MR) is 98.1 cm³/mol. The Labute approximate surface area is 153 Å². The fourth-order valence-corrected chi connectivity index (χ4v) is 3.00. The molecule has 0 saturated heterocycles. The summed E-state index contributed by atoms with van der Waals surface area (Å²) in [6.45, 7) is 2.03. The lowest BCUT2D eigenvalue weighted by atomic mass is 10.2. The van der Waals surface area contributed by atoms with E-state index in [0.29, 0.717) is 11.5 Å². The third kappa shape index (κ3) is 4.96. The van der Waals surface area contributed by atoms with E-state index < -0.39 is 10.0 Å². The second kappa shape index (κ2) is 8.68. The van der Waals surface area contributed by atoms with Gasteiger partial charge in [-0.3, -0.25) is 4.79 Å². The van der Waals surface area contributed by atoms with E-state index in [2.05, 4.69) is 10.0 Å². The highest BCUT2D eigenvalue weighted by molar-refractivity contribution is 7.89. The highest BCUT2D eigenvalue weighted by Crippen LogP contribution is 2.25. The molecule has 2 N–H and O–H groups in total. The van der Waals surface area contributed by atoms with Crippen molar-refractivity contribution in [2.24, 2.45) is 0 Å². The third-order valence-electron chi connectivity index (χ3n) is 3.61. The fraction of sp³-hybridized carbons (Fsp3) is 0.278. The molecule has 2 aromatic carbocycles. The Morgan fingerprint density at radius 2 is 1.81 bits per heavy atom. The molecular formula is C18H22N2O5S. The van der Waals surface area contributed by atoms with Crippen LogP contribution in [0.4, 0.5) is 0 Å². The van der Waals surface area contributed by atoms with E-state index in [1.807, 2.05) is 12.1 Å². The van der Waals surface area contributed by atoms with Gasteiger partial charge in [0.1, 0.15) is 6.61 Å². The van der Waals surface area contributed by atoms with Crippen LogP contribution in [0.15, 0.2) is 53.4 Å². The lowest BCUT2D eigenvalue weighted by Crippen LogP contribution is -2.36. The van der Waals surface area contributed by atoms with Crippen molar-refractivity contribution >= 4 is 15.9 Å². The molecule has 26 heavy (non-hydrogen) atoms. The van der Waals surface area contributed by atoms with Gasteiger partial charge in [-0.05, 0) is 44.3 Å². The molecule has 1 amide bonds. The maximum atomic E-state index is 12.4. The topological polar surface area (TPSA) is 93.7 Å². The van der Waals surface area contributed by atoms with Crippen molar-refractivity contribution in [3.8, 4) is 11.5 Å². The van der Waals surface area contributed by atoms with E-state index in [1.165, 1.54) is 25.2 Å². The lowest BCUT2D eigenvalue weighted by Gasteiger charge is -2.16. The number of para-hydroxylation sites is 2. The van der Waals surface area contributed by atoms with Gasteiger partial charge in [0.05, 0.1) is 18.0 Å². The van der Waals surface area contributed by atoms with Crippen molar-refractivity contribution in [1.29, 1.82) is 0 Å². The molecule has 0 aromatic heterocycles. The first-order valence-corrected chi connectivity index (χ1v) is 9.46. The summed E-state index contributed by atoms with van der Waals surface area (Å²) < 4.78 is 36.8. The summed E-state index contributed by atoms with van der Waals surface area (Å²) in [7, 11) is -0.731. The second-order valence-corrected chi connectivity index (χ2v) is 7.46. The molecule has 8 heteroatoms. The molecule has 0 aliphatic rings. The number of benzene rings is 2. The first-order chi connectivity index (χ1) is 12.4. The first-order valence-electron chi connectivity index (χ1n) is 7.97. The van der Waals surface area contributed by atoms with Crippen molar-refractivity contribution in [2.45, 2.75) is 17.9 Å². The number of hydrogen-bond acceptors (Lipinski definition) is 5. The fourth-order valence-electron chi connectivity index (χ4n) is 2.22. The van der Waals surface area contributed by atoms with E-state index in [9.17, 15) is 13.2 Å². The normalized spacial score (nSPS) is 12.3. The summed E-state index contributed by atoms with van der Waals surface area (Å²) >= 11 is 0. The zero-order valence-corrected chi connectivity index (χ0v) is 15.7. The summed E-state index contributed by atoms with van der Waals surface area (Å²) in [4.78, 5) is 12.4. The van der Waals surface area contributed by atoms with Crippen LogP contribution in [0.2, 0.25) is 0 Å². The smallest absolute Gasteiger partial charge is 0.251 e. The van der Waals surface area contributed by atoms with Crippen LogP contribution in [0, 0.1) is 0 Å². The van der Waals surface area contributed by atoms with Gasteiger partial charge in [-0.25, -0.2) is 13.1 Å². The number of amides is 1. The maximum Gasteiger partial charge on any atom is 0.251 e. The van der Waals surface area contributed by atoms with Crippen molar-refractivity contribution < 1.29 is 22.7 Å². The summed E-state index contributed by atoms with van der Waals surface area (Å²) in [5, 5.41) is 2.78. The van der Waals surface area contributed by atoms with Crippen molar-refractivity contribution in [2.75, 3.05) is 20.8 Å². The molecule has 0 radical (unpaired) electrons. The van der Waals surface area contributed by atoms with E-state index >= 15 is 0 Å². The van der Waals surface area contributed by atoms with Crippen molar-refractivity contribution in [1.82, 2.24) is 10.0 Å².